The van der Waals surface area contributed by atoms with E-state index in [1.54, 1.807) is 0 Å². The summed E-state index contributed by atoms with van der Waals surface area (Å²) in [5, 5.41) is 21.8. The van der Waals surface area contributed by atoms with Crippen molar-refractivity contribution in [3.63, 3.8) is 0 Å². The summed E-state index contributed by atoms with van der Waals surface area (Å²) in [7, 11) is 0. The molecule has 1 unspecified atom stereocenters. The van der Waals surface area contributed by atoms with E-state index in [1.807, 2.05) is 0 Å². The minimum Gasteiger partial charge on any atom is -0.489 e. The highest BCUT2D eigenvalue weighted by molar-refractivity contribution is 5.97. The van der Waals surface area contributed by atoms with Crippen LogP contribution in [0.1, 0.15) is 36.0 Å². The Kier molecular flexibility index (Phi) is 7.06. The Morgan fingerprint density at radius 3 is 2.89 bits per heavy atom. The fourth-order valence-electron chi connectivity index (χ4n) is 3.59. The molecule has 2 atom stereocenters. The van der Waals surface area contributed by atoms with Gasteiger partial charge in [0.15, 0.2) is 17.3 Å². The summed E-state index contributed by atoms with van der Waals surface area (Å²) < 4.78 is 24.9. The maximum Gasteiger partial charge on any atom is 0.255 e. The van der Waals surface area contributed by atoms with Crippen LogP contribution in [-0.4, -0.2) is 61.4 Å². The standard InChI is InChI=1S/C20H26FN3O4/c21-16-5-4-15(18-19(16)28-11-3-10-27-18)20(26)23-12-14-6-9-24(13-17(14)25)8-2-1-7-22/h4-5,14,17,25H,1-3,6,8-13H2,(H,23,26)/t14-,17?/m0/s1. The number of ether oxygens (including phenoxy) is 2. The Morgan fingerprint density at radius 2 is 2.14 bits per heavy atom. The molecule has 152 valence electrons. The molecule has 8 heteroatoms. The number of nitriles is 1. The number of nitrogens with one attached hydrogen (secondary N) is 1. The first-order valence-corrected chi connectivity index (χ1v) is 9.74. The van der Waals surface area contributed by atoms with Crippen LogP contribution < -0.4 is 14.8 Å². The average Bonchev–Trinajstić information content (AvgIpc) is 2.94. The lowest BCUT2D eigenvalue weighted by molar-refractivity contribution is 0.0219. The lowest BCUT2D eigenvalue weighted by atomic mass is 9.93. The van der Waals surface area contributed by atoms with Crippen molar-refractivity contribution < 1.29 is 23.8 Å². The van der Waals surface area contributed by atoms with Gasteiger partial charge >= 0.3 is 0 Å². The summed E-state index contributed by atoms with van der Waals surface area (Å²) in [5.74, 6) is -0.843. The van der Waals surface area contributed by atoms with E-state index < -0.39 is 11.9 Å². The van der Waals surface area contributed by atoms with Gasteiger partial charge in [-0.3, -0.25) is 4.79 Å². The van der Waals surface area contributed by atoms with Gasteiger partial charge in [-0.25, -0.2) is 4.39 Å². The molecule has 1 saturated heterocycles. The zero-order valence-corrected chi connectivity index (χ0v) is 15.8. The number of aliphatic hydroxyl groups is 1. The third-order valence-corrected chi connectivity index (χ3v) is 5.18. The maximum absolute atomic E-state index is 14.0. The van der Waals surface area contributed by atoms with Crippen LogP contribution in [0.3, 0.4) is 0 Å². The van der Waals surface area contributed by atoms with Crippen LogP contribution in [0.2, 0.25) is 0 Å². The van der Waals surface area contributed by atoms with E-state index in [4.69, 9.17) is 14.7 Å². The molecule has 3 rings (SSSR count). The second-order valence-electron chi connectivity index (χ2n) is 7.19. The molecule has 28 heavy (non-hydrogen) atoms. The van der Waals surface area contributed by atoms with Crippen LogP contribution in [0.15, 0.2) is 12.1 Å². The number of hydrogen-bond acceptors (Lipinski definition) is 6. The number of aliphatic hydroxyl groups excluding tert-OH is 1. The van der Waals surface area contributed by atoms with Gasteiger partial charge in [0.1, 0.15) is 0 Å². The van der Waals surface area contributed by atoms with Gasteiger partial charge in [0, 0.05) is 31.8 Å². The summed E-state index contributed by atoms with van der Waals surface area (Å²) in [6.45, 7) is 3.19. The Hall–Kier alpha value is -2.37. The molecule has 2 N–H and O–H groups in total. The van der Waals surface area contributed by atoms with Crippen molar-refractivity contribution in [3.8, 4) is 17.6 Å². The van der Waals surface area contributed by atoms with Crippen molar-refractivity contribution in [3.05, 3.63) is 23.5 Å². The summed E-state index contributed by atoms with van der Waals surface area (Å²) in [5.41, 5.74) is 0.238. The lowest BCUT2D eigenvalue weighted by Gasteiger charge is -2.35. The predicted molar refractivity (Wildman–Crippen MR) is 99.7 cm³/mol. The molecular formula is C20H26FN3O4. The number of halogens is 1. The lowest BCUT2D eigenvalue weighted by Crippen LogP contribution is -2.47. The van der Waals surface area contributed by atoms with Crippen LogP contribution >= 0.6 is 0 Å². The van der Waals surface area contributed by atoms with Crippen LogP contribution in [-0.2, 0) is 0 Å². The van der Waals surface area contributed by atoms with Crippen LogP contribution in [0.5, 0.6) is 11.5 Å². The molecule has 1 fully saturated rings. The van der Waals surface area contributed by atoms with Gasteiger partial charge in [0.05, 0.1) is 31.0 Å². The van der Waals surface area contributed by atoms with E-state index in [9.17, 15) is 14.3 Å². The first-order valence-electron chi connectivity index (χ1n) is 9.74. The van der Waals surface area contributed by atoms with Gasteiger partial charge < -0.3 is 24.8 Å². The maximum atomic E-state index is 14.0. The number of nitrogens with zero attached hydrogens (tertiary/aromatic N) is 2. The van der Waals surface area contributed by atoms with Gasteiger partial charge in [-0.15, -0.1) is 0 Å². The second-order valence-corrected chi connectivity index (χ2v) is 7.19. The Labute approximate surface area is 164 Å². The third kappa shape index (κ3) is 4.91. The molecule has 2 aliphatic heterocycles. The highest BCUT2D eigenvalue weighted by Crippen LogP contribution is 2.36. The fourth-order valence-corrected chi connectivity index (χ4v) is 3.59. The number of rotatable bonds is 6. The van der Waals surface area contributed by atoms with E-state index in [-0.39, 0.29) is 28.9 Å². The molecule has 0 radical (unpaired) electrons. The quantitative estimate of drug-likeness (QED) is 0.717. The zero-order valence-electron chi connectivity index (χ0n) is 15.8. The SMILES string of the molecule is N#CCCCN1CC[C@@H](CNC(=O)c2ccc(F)c3c2OCCCO3)C(O)C1. The van der Waals surface area contributed by atoms with E-state index in [0.717, 1.165) is 25.9 Å². The van der Waals surface area contributed by atoms with Crippen LogP contribution in [0, 0.1) is 23.1 Å². The molecule has 0 aliphatic carbocycles. The molecule has 1 amide bonds. The number of carbonyl (C=O) groups excluding carboxylic acids is 1. The molecule has 2 heterocycles. The number of unbranched alkanes of at least 4 members (excludes halogenated alkanes) is 1. The van der Waals surface area contributed by atoms with Gasteiger partial charge in [-0.2, -0.15) is 5.26 Å². The van der Waals surface area contributed by atoms with E-state index in [0.29, 0.717) is 39.1 Å². The summed E-state index contributed by atoms with van der Waals surface area (Å²) >= 11 is 0. The largest absolute Gasteiger partial charge is 0.489 e. The topological polar surface area (TPSA) is 94.8 Å². The molecule has 0 aromatic heterocycles. The van der Waals surface area contributed by atoms with Gasteiger partial charge in [-0.1, -0.05) is 0 Å². The minimum absolute atomic E-state index is 0.0177. The predicted octanol–water partition coefficient (Wildman–Crippen LogP) is 1.70. The molecule has 0 bridgehead atoms. The number of fused-ring (bicyclic) bond motifs is 1. The molecule has 0 spiro atoms. The zero-order chi connectivity index (χ0) is 19.9. The fraction of sp³-hybridized carbons (Fsp3) is 0.600. The van der Waals surface area contributed by atoms with E-state index in [2.05, 4.69) is 16.3 Å². The van der Waals surface area contributed by atoms with Gasteiger partial charge in [-0.05, 0) is 38.1 Å². The second kappa shape index (κ2) is 9.71. The number of likely N-dealkylation sites (tertiary alicyclic amines) is 1. The smallest absolute Gasteiger partial charge is 0.255 e. The Morgan fingerprint density at radius 1 is 1.36 bits per heavy atom. The summed E-state index contributed by atoms with van der Waals surface area (Å²) in [4.78, 5) is 14.8. The van der Waals surface area contributed by atoms with Crippen molar-refractivity contribution in [2.45, 2.75) is 31.8 Å². The summed E-state index contributed by atoms with van der Waals surface area (Å²) in [6, 6.07) is 4.73. The van der Waals surface area contributed by atoms with Crippen molar-refractivity contribution in [1.29, 1.82) is 5.26 Å². The number of benzene rings is 1. The normalized spacial score (nSPS) is 22.2. The number of amides is 1. The number of carbonyl (C=O) groups is 1. The van der Waals surface area contributed by atoms with Crippen molar-refractivity contribution in [2.75, 3.05) is 39.4 Å². The van der Waals surface area contributed by atoms with Crippen molar-refractivity contribution in [1.82, 2.24) is 10.2 Å². The molecule has 0 saturated carbocycles. The van der Waals surface area contributed by atoms with E-state index >= 15 is 0 Å². The Balaban J connectivity index is 1.56. The monoisotopic (exact) mass is 391 g/mol. The molecule has 7 nitrogen and oxygen atoms in total. The van der Waals surface area contributed by atoms with Crippen molar-refractivity contribution >= 4 is 5.91 Å². The average molecular weight is 391 g/mol. The van der Waals surface area contributed by atoms with Crippen molar-refractivity contribution in [2.24, 2.45) is 5.92 Å². The highest BCUT2D eigenvalue weighted by atomic mass is 19.1. The molecular weight excluding hydrogens is 365 g/mol. The van der Waals surface area contributed by atoms with Gasteiger partial charge in [0.25, 0.3) is 5.91 Å². The number of piperidine rings is 1. The minimum atomic E-state index is -0.548. The molecule has 2 aliphatic rings. The highest BCUT2D eigenvalue weighted by Gasteiger charge is 2.29. The van der Waals surface area contributed by atoms with E-state index in [1.165, 1.54) is 12.1 Å². The first kappa shape index (κ1) is 20.4. The van der Waals surface area contributed by atoms with Crippen LogP contribution in [0.4, 0.5) is 4.39 Å². The summed E-state index contributed by atoms with van der Waals surface area (Å²) in [6.07, 6.45) is 2.15. The molecule has 1 aromatic rings. The third-order valence-electron chi connectivity index (χ3n) is 5.18. The van der Waals surface area contributed by atoms with Gasteiger partial charge in [0.2, 0.25) is 0 Å². The number of β-amino-alcohol motifs (C(OH)–C–C–N with tert-alkyl or cyclic N) is 1. The number of hydrogen-bond donors (Lipinski definition) is 2. The molecule has 1 aromatic carbocycles. The Bertz CT molecular complexity index is 737. The first-order chi connectivity index (χ1) is 13.6. The van der Waals surface area contributed by atoms with Crippen LogP contribution in [0.25, 0.3) is 0 Å².